The second-order valence-corrected chi connectivity index (χ2v) is 6.70. The highest BCUT2D eigenvalue weighted by atomic mass is 79.9. The van der Waals surface area contributed by atoms with Gasteiger partial charge in [0.05, 0.1) is 42.8 Å². The lowest BCUT2D eigenvalue weighted by Gasteiger charge is -2.19. The molecule has 0 aliphatic rings. The van der Waals surface area contributed by atoms with E-state index >= 15 is 0 Å². The monoisotopic (exact) mass is 541 g/mol. The number of nitro benzene ring substituents is 2. The van der Waals surface area contributed by atoms with Gasteiger partial charge in [0.15, 0.2) is 0 Å². The Balaban J connectivity index is 2.89. The highest BCUT2D eigenvalue weighted by Crippen LogP contribution is 2.47. The Morgan fingerprint density at radius 1 is 0.750 bits per heavy atom. The molecule has 0 unspecified atom stereocenters. The van der Waals surface area contributed by atoms with Gasteiger partial charge < -0.3 is 5.32 Å². The fourth-order valence-electron chi connectivity index (χ4n) is 2.44. The molecule has 0 spiro atoms. The second-order valence-electron chi connectivity index (χ2n) is 5.91. The minimum atomic E-state index is -5.51. The summed E-state index contributed by atoms with van der Waals surface area (Å²) in [6, 6.07) is -0.403. The number of non-ortho nitro benzene ring substituents is 1. The molecule has 0 aromatic heterocycles. The summed E-state index contributed by atoms with van der Waals surface area (Å²) in [5.74, 6) is 0. The SMILES string of the molecule is O=[N+]([O-])c1cc([N+](=O)[O-])c(Nc2cc(C(F)(F)F)cc(C(F)(F)F)c2Br)c(C(F)(F)F)c1. The first-order valence-electron chi connectivity index (χ1n) is 7.63. The van der Waals surface area contributed by atoms with E-state index in [2.05, 4.69) is 15.9 Å². The normalized spacial score (nSPS) is 12.6. The van der Waals surface area contributed by atoms with Gasteiger partial charge in [-0.3, -0.25) is 20.2 Å². The lowest BCUT2D eigenvalue weighted by molar-refractivity contribution is -0.394. The number of halogens is 10. The number of hydrogen-bond acceptors (Lipinski definition) is 5. The first-order chi connectivity index (χ1) is 14.3. The zero-order chi connectivity index (χ0) is 24.8. The molecule has 0 bridgehead atoms. The van der Waals surface area contributed by atoms with Crippen LogP contribution < -0.4 is 5.32 Å². The molecular formula is C15H5BrF9N3O4. The average molecular weight is 542 g/mol. The summed E-state index contributed by atoms with van der Waals surface area (Å²) in [6.07, 6.45) is -16.3. The first kappa shape index (κ1) is 25.2. The minimum absolute atomic E-state index is 0.00931. The fourth-order valence-corrected chi connectivity index (χ4v) is 2.99. The van der Waals surface area contributed by atoms with Crippen LogP contribution in [0.25, 0.3) is 0 Å². The fraction of sp³-hybridized carbons (Fsp3) is 0.200. The number of anilines is 2. The molecule has 17 heteroatoms. The summed E-state index contributed by atoms with van der Waals surface area (Å²) in [5, 5.41) is 23.6. The summed E-state index contributed by atoms with van der Waals surface area (Å²) in [4.78, 5) is 19.1. The zero-order valence-corrected chi connectivity index (χ0v) is 16.2. The van der Waals surface area contributed by atoms with Crippen molar-refractivity contribution in [3.05, 3.63) is 65.7 Å². The quantitative estimate of drug-likeness (QED) is 0.253. The highest BCUT2D eigenvalue weighted by Gasteiger charge is 2.42. The molecule has 2 aromatic carbocycles. The van der Waals surface area contributed by atoms with E-state index in [9.17, 15) is 59.7 Å². The molecule has 0 fully saturated rings. The Morgan fingerprint density at radius 2 is 1.28 bits per heavy atom. The van der Waals surface area contributed by atoms with Gasteiger partial charge in [0.25, 0.3) is 11.4 Å². The summed E-state index contributed by atoms with van der Waals surface area (Å²) in [7, 11) is 0. The molecule has 0 saturated carbocycles. The smallest absolute Gasteiger partial charge is 0.348 e. The molecule has 2 rings (SSSR count). The highest BCUT2D eigenvalue weighted by molar-refractivity contribution is 9.10. The molecule has 2 aromatic rings. The largest absolute Gasteiger partial charge is 0.418 e. The van der Waals surface area contributed by atoms with Crippen molar-refractivity contribution in [1.82, 2.24) is 0 Å². The minimum Gasteiger partial charge on any atom is -0.348 e. The van der Waals surface area contributed by atoms with Gasteiger partial charge in [0, 0.05) is 6.07 Å². The molecule has 0 aliphatic carbocycles. The van der Waals surface area contributed by atoms with Gasteiger partial charge in [0.2, 0.25) is 0 Å². The van der Waals surface area contributed by atoms with Crippen molar-refractivity contribution in [3.8, 4) is 0 Å². The van der Waals surface area contributed by atoms with Crippen molar-refractivity contribution in [1.29, 1.82) is 0 Å². The van der Waals surface area contributed by atoms with Crippen LogP contribution in [0.1, 0.15) is 16.7 Å². The lowest BCUT2D eigenvalue weighted by Crippen LogP contribution is -2.15. The standard InChI is InChI=1S/C15H5BrF9N3O4/c16-11-7(14(20,21)22)1-5(13(17,18)19)2-9(11)26-12-8(15(23,24)25)3-6(27(29)30)4-10(12)28(31)32/h1-4,26H. The maximum absolute atomic E-state index is 13.4. The van der Waals surface area contributed by atoms with Gasteiger partial charge in [0.1, 0.15) is 5.69 Å². The summed E-state index contributed by atoms with van der Waals surface area (Å²) >= 11 is 2.34. The topological polar surface area (TPSA) is 98.3 Å². The summed E-state index contributed by atoms with van der Waals surface area (Å²) in [5.41, 5.74) is -11.8. The van der Waals surface area contributed by atoms with E-state index in [0.29, 0.717) is 0 Å². The van der Waals surface area contributed by atoms with E-state index < -0.39 is 72.3 Å². The maximum atomic E-state index is 13.4. The number of rotatable bonds is 4. The number of nitro groups is 2. The first-order valence-corrected chi connectivity index (χ1v) is 8.42. The number of nitrogens with one attached hydrogen (secondary N) is 1. The summed E-state index contributed by atoms with van der Waals surface area (Å²) < 4.78 is 118. The van der Waals surface area contributed by atoms with Gasteiger partial charge in [-0.15, -0.1) is 0 Å². The predicted octanol–water partition coefficient (Wildman–Crippen LogP) is 7.07. The van der Waals surface area contributed by atoms with Crippen LogP contribution in [-0.4, -0.2) is 9.85 Å². The van der Waals surface area contributed by atoms with Gasteiger partial charge >= 0.3 is 18.5 Å². The zero-order valence-electron chi connectivity index (χ0n) is 14.6. The molecule has 0 atom stereocenters. The molecule has 7 nitrogen and oxygen atoms in total. The third-order valence-corrected chi connectivity index (χ3v) is 4.63. The molecular weight excluding hydrogens is 537 g/mol. The Morgan fingerprint density at radius 3 is 1.69 bits per heavy atom. The number of benzene rings is 2. The van der Waals surface area contributed by atoms with Crippen LogP contribution >= 0.6 is 15.9 Å². The van der Waals surface area contributed by atoms with E-state index in [4.69, 9.17) is 0 Å². The van der Waals surface area contributed by atoms with Crippen molar-refractivity contribution in [2.24, 2.45) is 0 Å². The molecule has 174 valence electrons. The van der Waals surface area contributed by atoms with Crippen LogP contribution in [0, 0.1) is 20.2 Å². The third kappa shape index (κ3) is 5.20. The van der Waals surface area contributed by atoms with Crippen LogP contribution in [0.5, 0.6) is 0 Å². The van der Waals surface area contributed by atoms with Crippen LogP contribution in [0.3, 0.4) is 0 Å². The van der Waals surface area contributed by atoms with Crippen LogP contribution in [-0.2, 0) is 18.5 Å². The Hall–Kier alpha value is -3.11. The lowest BCUT2D eigenvalue weighted by atomic mass is 10.1. The van der Waals surface area contributed by atoms with Crippen LogP contribution in [0.2, 0.25) is 0 Å². The van der Waals surface area contributed by atoms with E-state index in [1.807, 2.05) is 0 Å². The van der Waals surface area contributed by atoms with E-state index in [0.717, 1.165) is 0 Å². The predicted molar refractivity (Wildman–Crippen MR) is 92.2 cm³/mol. The van der Waals surface area contributed by atoms with Crippen molar-refractivity contribution < 1.29 is 49.4 Å². The maximum Gasteiger partial charge on any atom is 0.418 e. The van der Waals surface area contributed by atoms with Gasteiger partial charge in [-0.25, -0.2) is 0 Å². The third-order valence-electron chi connectivity index (χ3n) is 3.78. The Labute approximate surface area is 178 Å². The average Bonchev–Trinajstić information content (AvgIpc) is 2.59. The Bertz CT molecular complexity index is 1100. The van der Waals surface area contributed by atoms with Gasteiger partial charge in [-0.05, 0) is 28.1 Å². The number of alkyl halides is 9. The summed E-state index contributed by atoms with van der Waals surface area (Å²) in [6.45, 7) is 0. The van der Waals surface area contributed by atoms with Crippen LogP contribution in [0.15, 0.2) is 28.7 Å². The number of hydrogen-bond donors (Lipinski definition) is 1. The van der Waals surface area contributed by atoms with E-state index in [1.54, 1.807) is 5.32 Å². The van der Waals surface area contributed by atoms with Crippen molar-refractivity contribution in [3.63, 3.8) is 0 Å². The van der Waals surface area contributed by atoms with Crippen molar-refractivity contribution >= 4 is 38.7 Å². The molecule has 0 amide bonds. The van der Waals surface area contributed by atoms with Crippen LogP contribution in [0.4, 0.5) is 62.3 Å². The van der Waals surface area contributed by atoms with Crippen molar-refractivity contribution in [2.75, 3.05) is 5.32 Å². The molecule has 0 aliphatic heterocycles. The van der Waals surface area contributed by atoms with E-state index in [-0.39, 0.29) is 24.3 Å². The van der Waals surface area contributed by atoms with Crippen molar-refractivity contribution in [2.45, 2.75) is 18.5 Å². The molecule has 0 heterocycles. The molecule has 0 saturated heterocycles. The van der Waals surface area contributed by atoms with E-state index in [1.165, 1.54) is 0 Å². The molecule has 0 radical (unpaired) electrons. The Kier molecular flexibility index (Phi) is 6.37. The van der Waals surface area contributed by atoms with Gasteiger partial charge in [-0.2, -0.15) is 39.5 Å². The number of nitrogens with zero attached hydrogens (tertiary/aromatic N) is 2. The second kappa shape index (κ2) is 8.10. The molecule has 32 heavy (non-hydrogen) atoms. The van der Waals surface area contributed by atoms with Gasteiger partial charge in [-0.1, -0.05) is 0 Å². The molecule has 1 N–H and O–H groups in total.